The zero-order valence-electron chi connectivity index (χ0n) is 18.1. The fourth-order valence-corrected chi connectivity index (χ4v) is 3.40. The molecule has 34 heavy (non-hydrogen) atoms. The lowest BCUT2D eigenvalue weighted by molar-refractivity contribution is -0.123. The van der Waals surface area contributed by atoms with Crippen molar-refractivity contribution in [2.45, 2.75) is 13.0 Å². The van der Waals surface area contributed by atoms with E-state index in [1.54, 1.807) is 67.6 Å². The van der Waals surface area contributed by atoms with Crippen LogP contribution in [-0.2, 0) is 4.79 Å². The minimum atomic E-state index is -1.28. The van der Waals surface area contributed by atoms with Crippen molar-refractivity contribution in [1.82, 2.24) is 20.9 Å². The average Bonchev–Trinajstić information content (AvgIpc) is 2.87. The summed E-state index contributed by atoms with van der Waals surface area (Å²) < 4.78 is 13.5. The highest BCUT2D eigenvalue weighted by Crippen LogP contribution is 2.20. The Bertz CT molecular complexity index is 1450. The first-order valence-electron chi connectivity index (χ1n) is 10.4. The summed E-state index contributed by atoms with van der Waals surface area (Å²) in [6.45, 7) is 1.61. The van der Waals surface area contributed by atoms with Gasteiger partial charge in [0, 0.05) is 16.5 Å². The maximum atomic E-state index is 13.5. The van der Waals surface area contributed by atoms with Crippen LogP contribution in [0.25, 0.3) is 10.8 Å². The SMILES string of the molecule is C/C(=N\NC(=O)C(NC(=O)c1ccccc1)c1n[nH]c(=O)c2ccccc12)c1cccc(F)c1. The van der Waals surface area contributed by atoms with Gasteiger partial charge in [-0.3, -0.25) is 14.4 Å². The van der Waals surface area contributed by atoms with Gasteiger partial charge in [0.15, 0.2) is 6.04 Å². The number of nitrogens with one attached hydrogen (secondary N) is 3. The molecule has 0 aliphatic carbocycles. The van der Waals surface area contributed by atoms with Crippen LogP contribution in [0.1, 0.15) is 34.6 Å². The zero-order valence-corrected chi connectivity index (χ0v) is 18.1. The molecule has 0 saturated carbocycles. The van der Waals surface area contributed by atoms with Crippen molar-refractivity contribution in [3.05, 3.63) is 112 Å². The molecule has 0 spiro atoms. The zero-order chi connectivity index (χ0) is 24.1. The highest BCUT2D eigenvalue weighted by Gasteiger charge is 2.27. The molecule has 0 aliphatic heterocycles. The van der Waals surface area contributed by atoms with Gasteiger partial charge in [-0.05, 0) is 37.3 Å². The Morgan fingerprint density at radius 2 is 1.62 bits per heavy atom. The lowest BCUT2D eigenvalue weighted by Crippen LogP contribution is -2.40. The summed E-state index contributed by atoms with van der Waals surface area (Å²) in [5.41, 5.74) is 3.33. The van der Waals surface area contributed by atoms with Gasteiger partial charge in [0.05, 0.1) is 11.1 Å². The molecule has 0 radical (unpaired) electrons. The van der Waals surface area contributed by atoms with E-state index in [1.165, 1.54) is 18.2 Å². The van der Waals surface area contributed by atoms with Gasteiger partial charge in [0.1, 0.15) is 11.5 Å². The first-order chi connectivity index (χ1) is 16.4. The van der Waals surface area contributed by atoms with E-state index in [1.807, 2.05) is 0 Å². The lowest BCUT2D eigenvalue weighted by atomic mass is 10.0. The number of hydrogen-bond donors (Lipinski definition) is 3. The number of fused-ring (bicyclic) bond motifs is 1. The number of hydrogen-bond acceptors (Lipinski definition) is 5. The van der Waals surface area contributed by atoms with Crippen LogP contribution >= 0.6 is 0 Å². The second kappa shape index (κ2) is 9.86. The predicted octanol–water partition coefficient (Wildman–Crippen LogP) is 3.07. The van der Waals surface area contributed by atoms with Gasteiger partial charge in [-0.2, -0.15) is 10.2 Å². The molecule has 3 N–H and O–H groups in total. The van der Waals surface area contributed by atoms with Crippen LogP contribution in [0.4, 0.5) is 4.39 Å². The summed E-state index contributed by atoms with van der Waals surface area (Å²) in [5.74, 6) is -1.64. The first-order valence-corrected chi connectivity index (χ1v) is 10.4. The van der Waals surface area contributed by atoms with E-state index in [2.05, 4.69) is 26.0 Å². The largest absolute Gasteiger partial charge is 0.335 e. The number of nitrogens with zero attached hydrogens (tertiary/aromatic N) is 2. The van der Waals surface area contributed by atoms with Crippen LogP contribution in [0.2, 0.25) is 0 Å². The monoisotopic (exact) mass is 457 g/mol. The van der Waals surface area contributed by atoms with Crippen molar-refractivity contribution >= 4 is 28.3 Å². The van der Waals surface area contributed by atoms with Gasteiger partial charge in [-0.15, -0.1) is 0 Å². The molecule has 1 heterocycles. The van der Waals surface area contributed by atoms with Crippen LogP contribution in [0.15, 0.2) is 88.8 Å². The normalized spacial score (nSPS) is 12.2. The van der Waals surface area contributed by atoms with Crippen molar-refractivity contribution in [2.24, 2.45) is 5.10 Å². The molecule has 0 bridgehead atoms. The average molecular weight is 457 g/mol. The number of aromatic amines is 1. The number of aromatic nitrogens is 2. The van der Waals surface area contributed by atoms with Crippen LogP contribution in [-0.4, -0.2) is 27.7 Å². The summed E-state index contributed by atoms with van der Waals surface area (Å²) in [7, 11) is 0. The molecule has 4 aromatic rings. The first kappa shape index (κ1) is 22.5. The number of rotatable bonds is 6. The van der Waals surface area contributed by atoms with Gasteiger partial charge < -0.3 is 5.32 Å². The molecular formula is C25H20FN5O3. The summed E-state index contributed by atoms with van der Waals surface area (Å²) >= 11 is 0. The molecule has 0 aliphatic rings. The third-order valence-corrected chi connectivity index (χ3v) is 5.15. The molecule has 3 aromatic carbocycles. The highest BCUT2D eigenvalue weighted by molar-refractivity contribution is 6.01. The molecule has 1 unspecified atom stereocenters. The van der Waals surface area contributed by atoms with Gasteiger partial charge in [0.2, 0.25) is 0 Å². The van der Waals surface area contributed by atoms with Crippen LogP contribution in [0, 0.1) is 5.82 Å². The molecule has 0 fully saturated rings. The van der Waals surface area contributed by atoms with E-state index in [0.29, 0.717) is 27.6 Å². The van der Waals surface area contributed by atoms with Crippen LogP contribution < -0.4 is 16.3 Å². The summed E-state index contributed by atoms with van der Waals surface area (Å²) in [4.78, 5) is 38.3. The Labute approximate surface area is 193 Å². The van der Waals surface area contributed by atoms with Gasteiger partial charge in [-0.25, -0.2) is 14.9 Å². The lowest BCUT2D eigenvalue weighted by Gasteiger charge is -2.18. The van der Waals surface area contributed by atoms with E-state index in [-0.39, 0.29) is 5.69 Å². The topological polar surface area (TPSA) is 116 Å². The Hall–Kier alpha value is -4.66. The summed E-state index contributed by atoms with van der Waals surface area (Å²) in [6, 6.07) is 19.5. The second-order valence-electron chi connectivity index (χ2n) is 7.44. The highest BCUT2D eigenvalue weighted by atomic mass is 19.1. The van der Waals surface area contributed by atoms with E-state index >= 15 is 0 Å². The van der Waals surface area contributed by atoms with Crippen LogP contribution in [0.3, 0.4) is 0 Å². The third kappa shape index (κ3) is 4.88. The minimum Gasteiger partial charge on any atom is -0.335 e. The standard InChI is InChI=1S/C25H20FN5O3/c1-15(17-10-7-11-18(26)14-17)28-31-25(34)22(27-23(32)16-8-3-2-4-9-16)21-19-12-5-6-13-20(19)24(33)30-29-21/h2-14,22H,1H3,(H,27,32)(H,30,33)(H,31,34)/b28-15+. The maximum Gasteiger partial charge on any atom is 0.272 e. The maximum absolute atomic E-state index is 13.5. The molecule has 170 valence electrons. The third-order valence-electron chi connectivity index (χ3n) is 5.15. The second-order valence-corrected chi connectivity index (χ2v) is 7.44. The van der Waals surface area contributed by atoms with E-state index in [9.17, 15) is 18.8 Å². The predicted molar refractivity (Wildman–Crippen MR) is 126 cm³/mol. The van der Waals surface area contributed by atoms with Gasteiger partial charge >= 0.3 is 0 Å². The molecule has 0 saturated heterocycles. The Morgan fingerprint density at radius 1 is 0.941 bits per heavy atom. The molecule has 2 amide bonds. The number of carbonyl (C=O) groups excluding carboxylic acids is 2. The number of hydrazone groups is 1. The Morgan fingerprint density at radius 3 is 2.35 bits per heavy atom. The fourth-order valence-electron chi connectivity index (χ4n) is 3.40. The fraction of sp³-hybridized carbons (Fsp3) is 0.0800. The molecule has 9 heteroatoms. The van der Waals surface area contributed by atoms with Crippen LogP contribution in [0.5, 0.6) is 0 Å². The molecule has 8 nitrogen and oxygen atoms in total. The number of halogens is 1. The van der Waals surface area contributed by atoms with E-state index in [0.717, 1.165) is 0 Å². The van der Waals surface area contributed by atoms with E-state index < -0.39 is 29.2 Å². The smallest absolute Gasteiger partial charge is 0.272 e. The summed E-state index contributed by atoms with van der Waals surface area (Å²) in [6.07, 6.45) is 0. The number of benzene rings is 3. The van der Waals surface area contributed by atoms with Crippen molar-refractivity contribution in [2.75, 3.05) is 0 Å². The molecular weight excluding hydrogens is 437 g/mol. The number of carbonyl (C=O) groups is 2. The van der Waals surface area contributed by atoms with Gasteiger partial charge in [-0.1, -0.05) is 48.5 Å². The molecule has 1 aromatic heterocycles. The van der Waals surface area contributed by atoms with E-state index in [4.69, 9.17) is 0 Å². The van der Waals surface area contributed by atoms with Gasteiger partial charge in [0.25, 0.3) is 17.4 Å². The van der Waals surface area contributed by atoms with Crippen molar-refractivity contribution in [1.29, 1.82) is 0 Å². The molecule has 4 rings (SSSR count). The quantitative estimate of drug-likeness (QED) is 0.305. The Kier molecular flexibility index (Phi) is 6.54. The minimum absolute atomic E-state index is 0.149. The van der Waals surface area contributed by atoms with Crippen molar-refractivity contribution < 1.29 is 14.0 Å². The van der Waals surface area contributed by atoms with Crippen molar-refractivity contribution in [3.8, 4) is 0 Å². The molecule has 1 atom stereocenters. The van der Waals surface area contributed by atoms with Crippen molar-refractivity contribution in [3.63, 3.8) is 0 Å². The number of H-pyrrole nitrogens is 1. The Balaban J connectivity index is 1.70. The summed E-state index contributed by atoms with van der Waals surface area (Å²) in [5, 5.41) is 13.9. The number of amides is 2.